The molecule has 0 amide bonds. The molecule has 0 aromatic heterocycles. The van der Waals surface area contributed by atoms with Crippen molar-refractivity contribution in [3.8, 4) is 6.07 Å². The van der Waals surface area contributed by atoms with Crippen molar-refractivity contribution >= 4 is 21.6 Å². The molecule has 4 heteroatoms. The van der Waals surface area contributed by atoms with Gasteiger partial charge in [-0.25, -0.2) is 0 Å². The highest BCUT2D eigenvalue weighted by atomic mass is 79.9. The van der Waals surface area contributed by atoms with Gasteiger partial charge in [-0.05, 0) is 47.8 Å². The fraction of sp³-hybridized carbons (Fsp3) is 0.500. The second kappa shape index (κ2) is 6.21. The third-order valence-corrected chi connectivity index (χ3v) is 3.95. The monoisotopic (exact) mass is 308 g/mol. The molecule has 1 fully saturated rings. The maximum absolute atomic E-state index is 9.23. The topological polar surface area (TPSA) is 36.3 Å². The summed E-state index contributed by atoms with van der Waals surface area (Å²) in [7, 11) is 0. The van der Waals surface area contributed by atoms with Gasteiger partial charge in [0.05, 0.1) is 17.4 Å². The Labute approximate surface area is 116 Å². The van der Waals surface area contributed by atoms with E-state index in [0.717, 1.165) is 48.3 Å². The van der Waals surface area contributed by atoms with Gasteiger partial charge in [0, 0.05) is 24.2 Å². The van der Waals surface area contributed by atoms with Crippen molar-refractivity contribution in [2.24, 2.45) is 0 Å². The van der Waals surface area contributed by atoms with Crippen LogP contribution in [0.15, 0.2) is 22.7 Å². The van der Waals surface area contributed by atoms with Crippen molar-refractivity contribution in [1.29, 1.82) is 5.26 Å². The van der Waals surface area contributed by atoms with Crippen molar-refractivity contribution in [2.75, 3.05) is 24.6 Å². The van der Waals surface area contributed by atoms with Crippen molar-refractivity contribution in [2.45, 2.75) is 25.9 Å². The number of nitrogens with zero attached hydrogens (tertiary/aromatic N) is 2. The average molecular weight is 309 g/mol. The minimum Gasteiger partial charge on any atom is -0.378 e. The number of hydrogen-bond donors (Lipinski definition) is 0. The molecule has 18 heavy (non-hydrogen) atoms. The lowest BCUT2D eigenvalue weighted by molar-refractivity contribution is 0.0459. The maximum Gasteiger partial charge on any atom is 0.103 e. The van der Waals surface area contributed by atoms with Gasteiger partial charge in [0.1, 0.15) is 6.07 Å². The lowest BCUT2D eigenvalue weighted by atomic mass is 10.1. The molecule has 0 N–H and O–H groups in total. The quantitative estimate of drug-likeness (QED) is 0.859. The Bertz CT molecular complexity index is 448. The van der Waals surface area contributed by atoms with Crippen molar-refractivity contribution < 1.29 is 4.74 Å². The summed E-state index contributed by atoms with van der Waals surface area (Å²) >= 11 is 3.44. The van der Waals surface area contributed by atoms with Crippen LogP contribution in [-0.4, -0.2) is 25.8 Å². The van der Waals surface area contributed by atoms with Crippen LogP contribution in [0.2, 0.25) is 0 Å². The van der Waals surface area contributed by atoms with E-state index in [-0.39, 0.29) is 0 Å². The summed E-state index contributed by atoms with van der Waals surface area (Å²) < 4.78 is 6.52. The zero-order valence-electron chi connectivity index (χ0n) is 10.5. The highest BCUT2D eigenvalue weighted by Gasteiger charge is 2.21. The predicted octanol–water partition coefficient (Wildman–Crippen LogP) is 3.33. The first-order valence-electron chi connectivity index (χ1n) is 6.31. The van der Waals surface area contributed by atoms with Crippen LogP contribution in [0.1, 0.15) is 25.3 Å². The molecule has 0 radical (unpaired) electrons. The van der Waals surface area contributed by atoms with Crippen LogP contribution < -0.4 is 4.90 Å². The van der Waals surface area contributed by atoms with Crippen LogP contribution in [0.25, 0.3) is 0 Å². The molecule has 1 aliphatic heterocycles. The van der Waals surface area contributed by atoms with E-state index in [1.165, 1.54) is 0 Å². The minimum absolute atomic E-state index is 0.379. The van der Waals surface area contributed by atoms with Gasteiger partial charge in [-0.15, -0.1) is 0 Å². The summed E-state index contributed by atoms with van der Waals surface area (Å²) in [5.74, 6) is 0. The van der Waals surface area contributed by atoms with Crippen LogP contribution in [0.4, 0.5) is 5.69 Å². The van der Waals surface area contributed by atoms with Gasteiger partial charge in [-0.1, -0.05) is 6.07 Å². The zero-order valence-corrected chi connectivity index (χ0v) is 12.1. The average Bonchev–Trinajstić information content (AvgIpc) is 2.40. The smallest absolute Gasteiger partial charge is 0.103 e. The number of anilines is 1. The first kappa shape index (κ1) is 13.4. The number of hydrogen-bond acceptors (Lipinski definition) is 3. The van der Waals surface area contributed by atoms with Gasteiger partial charge in [0.2, 0.25) is 0 Å². The molecular formula is C14H17BrN2O. The highest BCUT2D eigenvalue weighted by molar-refractivity contribution is 9.10. The molecule has 1 aromatic carbocycles. The SMILES string of the molecule is CCOC1CCN(c2cccc(Br)c2C#N)CC1. The second-order valence-electron chi connectivity index (χ2n) is 4.39. The Kier molecular flexibility index (Phi) is 4.62. The number of rotatable bonds is 3. The fourth-order valence-electron chi connectivity index (χ4n) is 2.39. The summed E-state index contributed by atoms with van der Waals surface area (Å²) in [6.45, 7) is 4.73. The third-order valence-electron chi connectivity index (χ3n) is 3.29. The number of nitriles is 1. The van der Waals surface area contributed by atoms with Crippen LogP contribution >= 0.6 is 15.9 Å². The molecule has 1 aromatic rings. The maximum atomic E-state index is 9.23. The van der Waals surface area contributed by atoms with Crippen LogP contribution in [0.5, 0.6) is 0 Å². The molecule has 1 heterocycles. The van der Waals surface area contributed by atoms with Crippen molar-refractivity contribution in [3.05, 3.63) is 28.2 Å². The molecule has 0 bridgehead atoms. The van der Waals surface area contributed by atoms with E-state index in [1.807, 2.05) is 25.1 Å². The van der Waals surface area contributed by atoms with E-state index in [1.54, 1.807) is 0 Å². The first-order chi connectivity index (χ1) is 8.76. The lowest BCUT2D eigenvalue weighted by Crippen LogP contribution is -2.37. The molecule has 0 saturated carbocycles. The van der Waals surface area contributed by atoms with Gasteiger partial charge in [-0.3, -0.25) is 0 Å². The van der Waals surface area contributed by atoms with E-state index >= 15 is 0 Å². The molecule has 0 aliphatic carbocycles. The van der Waals surface area contributed by atoms with Crippen molar-refractivity contribution in [1.82, 2.24) is 0 Å². The Morgan fingerprint density at radius 3 is 2.78 bits per heavy atom. The molecule has 0 unspecified atom stereocenters. The molecule has 2 rings (SSSR count). The van der Waals surface area contributed by atoms with Gasteiger partial charge in [0.25, 0.3) is 0 Å². The second-order valence-corrected chi connectivity index (χ2v) is 5.24. The Balaban J connectivity index is 2.10. The molecule has 0 atom stereocenters. The van der Waals surface area contributed by atoms with E-state index in [4.69, 9.17) is 4.74 Å². The van der Waals surface area contributed by atoms with E-state index in [9.17, 15) is 5.26 Å². The number of ether oxygens (including phenoxy) is 1. The minimum atomic E-state index is 0.379. The van der Waals surface area contributed by atoms with Gasteiger partial charge >= 0.3 is 0 Å². The zero-order chi connectivity index (χ0) is 13.0. The molecule has 1 aliphatic rings. The largest absolute Gasteiger partial charge is 0.378 e. The number of piperidine rings is 1. The molecule has 0 spiro atoms. The predicted molar refractivity (Wildman–Crippen MR) is 75.7 cm³/mol. The van der Waals surface area contributed by atoms with E-state index < -0.39 is 0 Å². The Morgan fingerprint density at radius 2 is 2.17 bits per heavy atom. The summed E-state index contributed by atoms with van der Waals surface area (Å²) in [6.07, 6.45) is 2.44. The van der Waals surface area contributed by atoms with Gasteiger partial charge < -0.3 is 9.64 Å². The molecule has 1 saturated heterocycles. The first-order valence-corrected chi connectivity index (χ1v) is 7.10. The highest BCUT2D eigenvalue weighted by Crippen LogP contribution is 2.29. The summed E-state index contributed by atoms with van der Waals surface area (Å²) in [6, 6.07) is 8.19. The van der Waals surface area contributed by atoms with Crippen LogP contribution in [0, 0.1) is 11.3 Å². The standard InChI is InChI=1S/C14H17BrN2O/c1-2-18-11-6-8-17(9-7-11)14-5-3-4-13(15)12(14)10-16/h3-5,11H,2,6-9H2,1H3. The van der Waals surface area contributed by atoms with Gasteiger partial charge in [0.15, 0.2) is 0 Å². The van der Waals surface area contributed by atoms with E-state index in [0.29, 0.717) is 6.10 Å². The summed E-state index contributed by atoms with van der Waals surface area (Å²) in [5, 5.41) is 9.23. The summed E-state index contributed by atoms with van der Waals surface area (Å²) in [4.78, 5) is 2.28. The molecule has 96 valence electrons. The number of benzene rings is 1. The number of halogens is 1. The molecule has 3 nitrogen and oxygen atoms in total. The fourth-order valence-corrected chi connectivity index (χ4v) is 2.83. The normalized spacial score (nSPS) is 16.6. The Morgan fingerprint density at radius 1 is 1.44 bits per heavy atom. The summed E-state index contributed by atoms with van der Waals surface area (Å²) in [5.41, 5.74) is 1.76. The molecular weight excluding hydrogens is 292 g/mol. The van der Waals surface area contributed by atoms with Crippen molar-refractivity contribution in [3.63, 3.8) is 0 Å². The third kappa shape index (κ3) is 2.85. The van der Waals surface area contributed by atoms with Gasteiger partial charge in [-0.2, -0.15) is 5.26 Å². The Hall–Kier alpha value is -1.05. The van der Waals surface area contributed by atoms with E-state index in [2.05, 4.69) is 26.9 Å². The van der Waals surface area contributed by atoms with Crippen LogP contribution in [0.3, 0.4) is 0 Å². The van der Waals surface area contributed by atoms with Crippen LogP contribution in [-0.2, 0) is 4.74 Å². The lowest BCUT2D eigenvalue weighted by Gasteiger charge is -2.34.